The van der Waals surface area contributed by atoms with E-state index in [4.69, 9.17) is 11.6 Å². The molecule has 1 aliphatic heterocycles. The molecule has 2 heterocycles. The Morgan fingerprint density at radius 3 is 2.44 bits per heavy atom. The van der Waals surface area contributed by atoms with Gasteiger partial charge in [-0.15, -0.1) is 11.3 Å². The summed E-state index contributed by atoms with van der Waals surface area (Å²) >= 11 is 7.08. The summed E-state index contributed by atoms with van der Waals surface area (Å²) in [6, 6.07) is 10.3. The van der Waals surface area contributed by atoms with Crippen LogP contribution in [0.1, 0.15) is 10.4 Å². The normalized spacial score (nSPS) is 14.4. The molecule has 1 aliphatic rings. The number of nitrogens with zero attached hydrogens (tertiary/aromatic N) is 3. The van der Waals surface area contributed by atoms with Crippen molar-refractivity contribution in [1.82, 2.24) is 14.8 Å². The molecule has 0 bridgehead atoms. The Morgan fingerprint density at radius 1 is 1.03 bits per heavy atom. The second-order valence-corrected chi connectivity index (χ2v) is 8.58. The Bertz CT molecular complexity index is 1130. The Balaban J connectivity index is 1.27. The van der Waals surface area contributed by atoms with Crippen molar-refractivity contribution in [2.45, 2.75) is 0 Å². The number of anilines is 1. The molecule has 0 unspecified atom stereocenters. The zero-order valence-corrected chi connectivity index (χ0v) is 18.4. The van der Waals surface area contributed by atoms with Crippen molar-refractivity contribution >= 4 is 39.9 Å². The van der Waals surface area contributed by atoms with Crippen molar-refractivity contribution in [1.29, 1.82) is 0 Å². The van der Waals surface area contributed by atoms with Gasteiger partial charge < -0.3 is 10.2 Å². The van der Waals surface area contributed by atoms with Gasteiger partial charge in [-0.25, -0.2) is 13.8 Å². The molecule has 3 aromatic rings. The Labute approximate surface area is 192 Å². The van der Waals surface area contributed by atoms with E-state index in [9.17, 15) is 18.4 Å². The number of halogens is 3. The van der Waals surface area contributed by atoms with Crippen molar-refractivity contribution in [3.63, 3.8) is 0 Å². The molecular weight excluding hydrogens is 458 g/mol. The molecule has 1 aromatic heterocycles. The summed E-state index contributed by atoms with van der Waals surface area (Å²) in [6.45, 7) is 2.36. The SMILES string of the molecule is O=C(CN1CCN(C(=O)c2ccc(Cl)cc2)CC1)Nc1nc(-c2ccc(F)c(F)c2)cs1. The highest BCUT2D eigenvalue weighted by atomic mass is 35.5. The average molecular weight is 477 g/mol. The molecule has 166 valence electrons. The number of hydrogen-bond acceptors (Lipinski definition) is 5. The first kappa shape index (κ1) is 22.3. The van der Waals surface area contributed by atoms with Crippen LogP contribution in [0.25, 0.3) is 11.3 Å². The van der Waals surface area contributed by atoms with Gasteiger partial charge in [0.15, 0.2) is 16.8 Å². The van der Waals surface area contributed by atoms with Gasteiger partial charge in [0.1, 0.15) is 0 Å². The number of rotatable bonds is 5. The fourth-order valence-corrected chi connectivity index (χ4v) is 4.23. The maximum Gasteiger partial charge on any atom is 0.253 e. The van der Waals surface area contributed by atoms with E-state index in [1.807, 2.05) is 4.90 Å². The summed E-state index contributed by atoms with van der Waals surface area (Å²) in [6.07, 6.45) is 0. The second-order valence-electron chi connectivity index (χ2n) is 7.29. The minimum atomic E-state index is -0.949. The summed E-state index contributed by atoms with van der Waals surface area (Å²) in [4.78, 5) is 33.0. The van der Waals surface area contributed by atoms with Crippen LogP contribution in [0.3, 0.4) is 0 Å². The molecule has 0 saturated carbocycles. The van der Waals surface area contributed by atoms with Gasteiger partial charge in [-0.3, -0.25) is 14.5 Å². The van der Waals surface area contributed by atoms with Gasteiger partial charge in [-0.1, -0.05) is 11.6 Å². The largest absolute Gasteiger partial charge is 0.336 e. The van der Waals surface area contributed by atoms with Crippen molar-refractivity contribution in [2.24, 2.45) is 0 Å². The maximum absolute atomic E-state index is 13.4. The van der Waals surface area contributed by atoms with E-state index in [1.54, 1.807) is 34.5 Å². The molecule has 2 amide bonds. The van der Waals surface area contributed by atoms with Crippen LogP contribution in [-0.4, -0.2) is 59.3 Å². The Kier molecular flexibility index (Phi) is 6.78. The molecule has 1 saturated heterocycles. The lowest BCUT2D eigenvalue weighted by molar-refractivity contribution is -0.117. The van der Waals surface area contributed by atoms with Gasteiger partial charge in [0.05, 0.1) is 12.2 Å². The zero-order valence-electron chi connectivity index (χ0n) is 16.9. The van der Waals surface area contributed by atoms with Gasteiger partial charge in [-0.2, -0.15) is 0 Å². The Hall–Kier alpha value is -2.88. The molecule has 0 radical (unpaired) electrons. The third-order valence-electron chi connectivity index (χ3n) is 5.08. The van der Waals surface area contributed by atoms with Crippen molar-refractivity contribution in [3.05, 3.63) is 70.1 Å². The predicted octanol–water partition coefficient (Wildman–Crippen LogP) is 4.14. The van der Waals surface area contributed by atoms with E-state index in [2.05, 4.69) is 10.3 Å². The molecule has 1 N–H and O–H groups in total. The highest BCUT2D eigenvalue weighted by Gasteiger charge is 2.23. The first-order chi connectivity index (χ1) is 15.4. The van der Waals surface area contributed by atoms with Crippen LogP contribution in [-0.2, 0) is 4.79 Å². The van der Waals surface area contributed by atoms with Crippen LogP contribution in [0.15, 0.2) is 47.8 Å². The standard InChI is InChI=1S/C22H19ClF2N4O2S/c23-16-4-1-14(2-5-16)21(31)29-9-7-28(8-10-29)12-20(30)27-22-26-19(13-32-22)15-3-6-17(24)18(25)11-15/h1-6,11,13H,7-10,12H2,(H,26,27,30). The molecule has 0 aliphatic carbocycles. The van der Waals surface area contributed by atoms with Gasteiger partial charge >= 0.3 is 0 Å². The molecular formula is C22H19ClF2N4O2S. The fourth-order valence-electron chi connectivity index (χ4n) is 3.37. The average Bonchev–Trinajstić information content (AvgIpc) is 3.24. The van der Waals surface area contributed by atoms with E-state index < -0.39 is 11.6 Å². The molecule has 0 spiro atoms. The lowest BCUT2D eigenvalue weighted by atomic mass is 10.2. The topological polar surface area (TPSA) is 65.5 Å². The number of piperazine rings is 1. The molecule has 2 aromatic carbocycles. The number of carbonyl (C=O) groups is 2. The summed E-state index contributed by atoms with van der Waals surface area (Å²) in [7, 11) is 0. The van der Waals surface area contributed by atoms with Gasteiger partial charge in [0.25, 0.3) is 5.91 Å². The van der Waals surface area contributed by atoms with E-state index in [-0.39, 0.29) is 18.4 Å². The van der Waals surface area contributed by atoms with Gasteiger partial charge in [0.2, 0.25) is 5.91 Å². The molecule has 4 rings (SSSR count). The first-order valence-corrected chi connectivity index (χ1v) is 11.1. The van der Waals surface area contributed by atoms with Crippen molar-refractivity contribution in [3.8, 4) is 11.3 Å². The lowest BCUT2D eigenvalue weighted by Gasteiger charge is -2.34. The van der Waals surface area contributed by atoms with Crippen molar-refractivity contribution in [2.75, 3.05) is 38.0 Å². The quantitative estimate of drug-likeness (QED) is 0.601. The fraction of sp³-hybridized carbons (Fsp3) is 0.227. The molecule has 10 heteroatoms. The number of amides is 2. The minimum Gasteiger partial charge on any atom is -0.336 e. The van der Waals surface area contributed by atoms with Gasteiger partial charge in [-0.05, 0) is 42.5 Å². The monoisotopic (exact) mass is 476 g/mol. The number of nitrogens with one attached hydrogen (secondary N) is 1. The molecule has 1 fully saturated rings. The van der Waals surface area contributed by atoms with Crippen LogP contribution in [0.5, 0.6) is 0 Å². The molecule has 6 nitrogen and oxygen atoms in total. The molecule has 0 atom stereocenters. The van der Waals surface area contributed by atoms with E-state index in [1.165, 1.54) is 17.4 Å². The number of carbonyl (C=O) groups excluding carboxylic acids is 2. The van der Waals surface area contributed by atoms with Crippen LogP contribution in [0.2, 0.25) is 5.02 Å². The lowest BCUT2D eigenvalue weighted by Crippen LogP contribution is -2.50. The minimum absolute atomic E-state index is 0.0571. The predicted molar refractivity (Wildman–Crippen MR) is 120 cm³/mol. The van der Waals surface area contributed by atoms with Crippen LogP contribution >= 0.6 is 22.9 Å². The summed E-state index contributed by atoms with van der Waals surface area (Å²) in [5, 5.41) is 5.37. The highest BCUT2D eigenvalue weighted by Crippen LogP contribution is 2.26. The number of thiazole rings is 1. The third kappa shape index (κ3) is 5.29. The summed E-state index contributed by atoms with van der Waals surface area (Å²) in [5.74, 6) is -2.16. The van der Waals surface area contributed by atoms with Crippen LogP contribution in [0, 0.1) is 11.6 Å². The first-order valence-electron chi connectivity index (χ1n) is 9.87. The summed E-state index contributed by atoms with van der Waals surface area (Å²) < 4.78 is 26.5. The van der Waals surface area contributed by atoms with Crippen LogP contribution < -0.4 is 5.32 Å². The van der Waals surface area contributed by atoms with Gasteiger partial charge in [0, 0.05) is 47.7 Å². The third-order valence-corrected chi connectivity index (χ3v) is 6.09. The van der Waals surface area contributed by atoms with E-state index >= 15 is 0 Å². The summed E-state index contributed by atoms with van der Waals surface area (Å²) in [5.41, 5.74) is 1.47. The number of hydrogen-bond donors (Lipinski definition) is 1. The van der Waals surface area contributed by atoms with E-state index in [0.717, 1.165) is 12.1 Å². The smallest absolute Gasteiger partial charge is 0.253 e. The van der Waals surface area contributed by atoms with Crippen LogP contribution in [0.4, 0.5) is 13.9 Å². The highest BCUT2D eigenvalue weighted by molar-refractivity contribution is 7.14. The molecule has 32 heavy (non-hydrogen) atoms. The zero-order chi connectivity index (χ0) is 22.7. The van der Waals surface area contributed by atoms with E-state index in [0.29, 0.717) is 53.2 Å². The van der Waals surface area contributed by atoms with Crippen molar-refractivity contribution < 1.29 is 18.4 Å². The maximum atomic E-state index is 13.4. The second kappa shape index (κ2) is 9.72. The number of benzene rings is 2. The Morgan fingerprint density at radius 2 is 1.75 bits per heavy atom. The number of aromatic nitrogens is 1.